The van der Waals surface area contributed by atoms with Crippen molar-refractivity contribution >= 4 is 16.7 Å². The maximum atomic E-state index is 13.2. The van der Waals surface area contributed by atoms with Crippen LogP contribution in [0.2, 0.25) is 0 Å². The Labute approximate surface area is 153 Å². The van der Waals surface area contributed by atoms with Crippen molar-refractivity contribution in [3.05, 3.63) is 35.5 Å². The first-order chi connectivity index (χ1) is 12.9. The summed E-state index contributed by atoms with van der Waals surface area (Å²) in [5.41, 5.74) is 1.49. The summed E-state index contributed by atoms with van der Waals surface area (Å²) >= 11 is 0. The molecule has 3 N–H and O–H groups in total. The molecular formula is C18H19F3N6. The molecule has 0 bridgehead atoms. The second-order valence-electron chi connectivity index (χ2n) is 6.77. The van der Waals surface area contributed by atoms with Gasteiger partial charge < -0.3 is 10.6 Å². The van der Waals surface area contributed by atoms with Crippen molar-refractivity contribution in [1.29, 1.82) is 0 Å². The van der Waals surface area contributed by atoms with E-state index >= 15 is 0 Å². The molecule has 6 nitrogen and oxygen atoms in total. The average Bonchev–Trinajstić information content (AvgIpc) is 3.11. The Hall–Kier alpha value is -2.68. The van der Waals surface area contributed by atoms with Gasteiger partial charge in [0.2, 0.25) is 0 Å². The first-order valence-corrected chi connectivity index (χ1v) is 8.78. The second-order valence-corrected chi connectivity index (χ2v) is 6.77. The van der Waals surface area contributed by atoms with Gasteiger partial charge in [-0.15, -0.1) is 10.2 Å². The van der Waals surface area contributed by atoms with Crippen LogP contribution in [0.3, 0.4) is 0 Å². The van der Waals surface area contributed by atoms with Gasteiger partial charge in [-0.3, -0.25) is 5.10 Å². The van der Waals surface area contributed by atoms with Crippen molar-refractivity contribution in [3.63, 3.8) is 0 Å². The number of anilines is 1. The third kappa shape index (κ3) is 3.46. The van der Waals surface area contributed by atoms with Crippen molar-refractivity contribution in [1.82, 2.24) is 25.7 Å². The fraction of sp³-hybridized carbons (Fsp3) is 0.389. The molecule has 1 saturated heterocycles. The Morgan fingerprint density at radius 1 is 1.22 bits per heavy atom. The Bertz CT molecular complexity index is 959. The van der Waals surface area contributed by atoms with Crippen molar-refractivity contribution in [2.24, 2.45) is 0 Å². The van der Waals surface area contributed by atoms with E-state index in [4.69, 9.17) is 0 Å². The quantitative estimate of drug-likeness (QED) is 0.652. The highest BCUT2D eigenvalue weighted by Crippen LogP contribution is 2.38. The average molecular weight is 376 g/mol. The topological polar surface area (TPSA) is 78.5 Å². The van der Waals surface area contributed by atoms with E-state index in [9.17, 15) is 13.2 Å². The highest BCUT2D eigenvalue weighted by atomic mass is 19.4. The summed E-state index contributed by atoms with van der Waals surface area (Å²) in [6.45, 7) is 3.76. The second kappa shape index (κ2) is 6.80. The summed E-state index contributed by atoms with van der Waals surface area (Å²) in [6.07, 6.45) is -1.09. The van der Waals surface area contributed by atoms with Crippen molar-refractivity contribution in [2.45, 2.75) is 32.0 Å². The molecule has 3 heterocycles. The van der Waals surface area contributed by atoms with Gasteiger partial charge in [0.15, 0.2) is 0 Å². The SMILES string of the molecule is Cc1cc(NC2CCCNC2)nnc1-c1ccc(C(F)(F)F)c2cn[nH]c12. The molecule has 2 aromatic heterocycles. The number of nitrogens with one attached hydrogen (secondary N) is 3. The maximum Gasteiger partial charge on any atom is 0.417 e. The fourth-order valence-electron chi connectivity index (χ4n) is 3.49. The molecule has 3 aromatic rings. The summed E-state index contributed by atoms with van der Waals surface area (Å²) in [5, 5.41) is 21.7. The minimum absolute atomic E-state index is 0.0247. The molecule has 1 aliphatic heterocycles. The Morgan fingerprint density at radius 3 is 2.78 bits per heavy atom. The molecule has 1 unspecified atom stereocenters. The van der Waals surface area contributed by atoms with Gasteiger partial charge in [0, 0.05) is 23.5 Å². The van der Waals surface area contributed by atoms with Crippen LogP contribution in [0.15, 0.2) is 24.4 Å². The normalized spacial score (nSPS) is 18.0. The predicted molar refractivity (Wildman–Crippen MR) is 96.4 cm³/mol. The summed E-state index contributed by atoms with van der Waals surface area (Å²) in [4.78, 5) is 0. The Kier molecular flexibility index (Phi) is 4.47. The largest absolute Gasteiger partial charge is 0.417 e. The van der Waals surface area contributed by atoms with Crippen LogP contribution in [0.1, 0.15) is 24.0 Å². The molecule has 0 saturated carbocycles. The number of hydrogen-bond donors (Lipinski definition) is 3. The number of nitrogens with zero attached hydrogens (tertiary/aromatic N) is 3. The highest BCUT2D eigenvalue weighted by Gasteiger charge is 2.33. The van der Waals surface area contributed by atoms with E-state index < -0.39 is 11.7 Å². The summed E-state index contributed by atoms with van der Waals surface area (Å²) in [5.74, 6) is 0.665. The van der Waals surface area contributed by atoms with Gasteiger partial charge in [0.05, 0.1) is 23.0 Å². The molecule has 1 atom stereocenters. The molecule has 0 aliphatic carbocycles. The molecule has 0 spiro atoms. The molecule has 1 fully saturated rings. The Balaban J connectivity index is 1.68. The lowest BCUT2D eigenvalue weighted by Crippen LogP contribution is -2.38. The van der Waals surface area contributed by atoms with Gasteiger partial charge in [0.1, 0.15) is 5.82 Å². The van der Waals surface area contributed by atoms with Crippen LogP contribution in [-0.2, 0) is 6.18 Å². The van der Waals surface area contributed by atoms with Crippen LogP contribution in [0.5, 0.6) is 0 Å². The smallest absolute Gasteiger partial charge is 0.365 e. The van der Waals surface area contributed by atoms with Gasteiger partial charge in [-0.05, 0) is 50.1 Å². The number of fused-ring (bicyclic) bond motifs is 1. The number of rotatable bonds is 3. The van der Waals surface area contributed by atoms with E-state index in [1.165, 1.54) is 12.3 Å². The summed E-state index contributed by atoms with van der Waals surface area (Å²) in [6, 6.07) is 4.65. The third-order valence-corrected chi connectivity index (χ3v) is 4.81. The highest BCUT2D eigenvalue weighted by molar-refractivity contribution is 5.95. The lowest BCUT2D eigenvalue weighted by Gasteiger charge is -2.24. The number of alkyl halides is 3. The van der Waals surface area contributed by atoms with Crippen LogP contribution in [0.4, 0.5) is 19.0 Å². The zero-order chi connectivity index (χ0) is 19.0. The number of hydrogen-bond acceptors (Lipinski definition) is 5. The van der Waals surface area contributed by atoms with Gasteiger partial charge in [-0.25, -0.2) is 0 Å². The maximum absolute atomic E-state index is 13.2. The molecule has 1 aliphatic rings. The number of H-pyrrole nitrogens is 1. The number of aryl methyl sites for hydroxylation is 1. The summed E-state index contributed by atoms with van der Waals surface area (Å²) in [7, 11) is 0. The zero-order valence-corrected chi connectivity index (χ0v) is 14.7. The molecular weight excluding hydrogens is 357 g/mol. The molecule has 0 radical (unpaired) electrons. The fourth-order valence-corrected chi connectivity index (χ4v) is 3.49. The number of halogens is 3. The standard InChI is InChI=1S/C18H19F3N6/c1-10-7-15(24-11-3-2-6-22-8-11)25-27-16(10)12-4-5-14(18(19,20)21)13-9-23-26-17(12)13/h4-5,7,9,11,22H,2-3,6,8H2,1H3,(H,23,26)(H,24,25). The lowest BCUT2D eigenvalue weighted by atomic mass is 10.0. The van der Waals surface area contributed by atoms with Gasteiger partial charge in [-0.2, -0.15) is 18.3 Å². The number of aromatic amines is 1. The molecule has 142 valence electrons. The molecule has 0 amide bonds. The van der Waals surface area contributed by atoms with E-state index in [0.29, 0.717) is 28.6 Å². The number of benzene rings is 1. The van der Waals surface area contributed by atoms with Crippen LogP contribution in [0.25, 0.3) is 22.2 Å². The molecule has 4 rings (SSSR count). The Morgan fingerprint density at radius 2 is 2.07 bits per heavy atom. The van der Waals surface area contributed by atoms with E-state index in [1.54, 1.807) is 0 Å². The van der Waals surface area contributed by atoms with Gasteiger partial charge in [-0.1, -0.05) is 0 Å². The van der Waals surface area contributed by atoms with E-state index in [2.05, 4.69) is 31.0 Å². The van der Waals surface area contributed by atoms with Crippen molar-refractivity contribution in [2.75, 3.05) is 18.4 Å². The first-order valence-electron chi connectivity index (χ1n) is 8.78. The predicted octanol–water partition coefficient (Wildman–Crippen LogP) is 3.51. The number of aromatic nitrogens is 4. The molecule has 9 heteroatoms. The van der Waals surface area contributed by atoms with Crippen molar-refractivity contribution < 1.29 is 13.2 Å². The van der Waals surface area contributed by atoms with Gasteiger partial charge in [0.25, 0.3) is 0 Å². The molecule has 1 aromatic carbocycles. The van der Waals surface area contributed by atoms with Crippen LogP contribution >= 0.6 is 0 Å². The van der Waals surface area contributed by atoms with Crippen molar-refractivity contribution in [3.8, 4) is 11.3 Å². The first kappa shape index (κ1) is 17.7. The lowest BCUT2D eigenvalue weighted by molar-refractivity contribution is -0.136. The van der Waals surface area contributed by atoms with Crippen LogP contribution in [0, 0.1) is 6.92 Å². The minimum Gasteiger partial charge on any atom is -0.365 e. The zero-order valence-electron chi connectivity index (χ0n) is 14.7. The third-order valence-electron chi connectivity index (χ3n) is 4.81. The summed E-state index contributed by atoms with van der Waals surface area (Å²) < 4.78 is 39.6. The minimum atomic E-state index is -4.44. The monoisotopic (exact) mass is 376 g/mol. The van der Waals surface area contributed by atoms with Crippen LogP contribution < -0.4 is 10.6 Å². The van der Waals surface area contributed by atoms with E-state index in [0.717, 1.165) is 37.6 Å². The van der Waals surface area contributed by atoms with E-state index in [1.807, 2.05) is 13.0 Å². The van der Waals surface area contributed by atoms with Gasteiger partial charge >= 0.3 is 6.18 Å². The van der Waals surface area contributed by atoms with E-state index in [-0.39, 0.29) is 5.39 Å². The molecule has 27 heavy (non-hydrogen) atoms. The number of piperidine rings is 1. The van der Waals surface area contributed by atoms with Crippen LogP contribution in [-0.4, -0.2) is 39.5 Å².